The lowest BCUT2D eigenvalue weighted by Gasteiger charge is -2.29. The Hall–Kier alpha value is -2.96. The number of carboxylic acid groups (broad SMARTS) is 1. The predicted molar refractivity (Wildman–Crippen MR) is 120 cm³/mol. The summed E-state index contributed by atoms with van der Waals surface area (Å²) in [5, 5.41) is 9.51. The molecule has 0 aliphatic heterocycles. The van der Waals surface area contributed by atoms with E-state index < -0.39 is 5.97 Å². The maximum absolute atomic E-state index is 11.6. The highest BCUT2D eigenvalue weighted by molar-refractivity contribution is 5.91. The Labute approximate surface area is 188 Å². The minimum Gasteiger partial charge on any atom is -0.478 e. The Morgan fingerprint density at radius 2 is 1.75 bits per heavy atom. The quantitative estimate of drug-likeness (QED) is 0.489. The van der Waals surface area contributed by atoms with Gasteiger partial charge in [0.2, 0.25) is 5.89 Å². The van der Waals surface area contributed by atoms with E-state index in [0.29, 0.717) is 30.2 Å². The SMILES string of the molecule is Cc1cccc(CO[C@@H]2CCC[C@H](OCc3nc(-c4ccccc4)oc3C)C2)c1C(=O)O. The van der Waals surface area contributed by atoms with Crippen molar-refractivity contribution in [3.8, 4) is 11.5 Å². The third-order valence-electron chi connectivity index (χ3n) is 5.99. The summed E-state index contributed by atoms with van der Waals surface area (Å²) in [4.78, 5) is 16.2. The number of hydrogen-bond acceptors (Lipinski definition) is 5. The number of aryl methyl sites for hydroxylation is 2. The van der Waals surface area contributed by atoms with Crippen LogP contribution in [0, 0.1) is 13.8 Å². The highest BCUT2D eigenvalue weighted by atomic mass is 16.5. The monoisotopic (exact) mass is 435 g/mol. The average Bonchev–Trinajstić information content (AvgIpc) is 3.17. The van der Waals surface area contributed by atoms with Gasteiger partial charge in [-0.25, -0.2) is 9.78 Å². The van der Waals surface area contributed by atoms with Gasteiger partial charge in [-0.1, -0.05) is 36.4 Å². The van der Waals surface area contributed by atoms with Crippen molar-refractivity contribution in [2.45, 2.75) is 65.0 Å². The van der Waals surface area contributed by atoms with E-state index in [2.05, 4.69) is 4.98 Å². The van der Waals surface area contributed by atoms with Crippen molar-refractivity contribution < 1.29 is 23.8 Å². The first-order valence-corrected chi connectivity index (χ1v) is 11.1. The summed E-state index contributed by atoms with van der Waals surface area (Å²) in [6.45, 7) is 4.42. The fraction of sp³-hybridized carbons (Fsp3) is 0.385. The molecule has 1 heterocycles. The van der Waals surface area contributed by atoms with E-state index >= 15 is 0 Å². The van der Waals surface area contributed by atoms with Crippen LogP contribution in [0.25, 0.3) is 11.5 Å². The molecule has 1 N–H and O–H groups in total. The number of aromatic nitrogens is 1. The molecule has 3 aromatic rings. The molecule has 0 radical (unpaired) electrons. The van der Waals surface area contributed by atoms with Gasteiger partial charge in [-0.15, -0.1) is 0 Å². The topological polar surface area (TPSA) is 81.8 Å². The lowest BCUT2D eigenvalue weighted by molar-refractivity contribution is -0.0564. The molecule has 0 amide bonds. The first kappa shape index (κ1) is 22.2. The highest BCUT2D eigenvalue weighted by Gasteiger charge is 2.25. The van der Waals surface area contributed by atoms with E-state index in [1.807, 2.05) is 62.4 Å². The van der Waals surface area contributed by atoms with Gasteiger partial charge < -0.3 is 19.0 Å². The number of hydrogen-bond donors (Lipinski definition) is 1. The van der Waals surface area contributed by atoms with E-state index in [9.17, 15) is 9.90 Å². The molecule has 1 saturated carbocycles. The molecular weight excluding hydrogens is 406 g/mol. The highest BCUT2D eigenvalue weighted by Crippen LogP contribution is 2.27. The number of rotatable bonds is 8. The number of aromatic carboxylic acids is 1. The van der Waals surface area contributed by atoms with Gasteiger partial charge in [-0.05, 0) is 62.8 Å². The van der Waals surface area contributed by atoms with Gasteiger partial charge in [0.1, 0.15) is 11.5 Å². The second-order valence-electron chi connectivity index (χ2n) is 8.33. The molecule has 2 atom stereocenters. The Kier molecular flexibility index (Phi) is 7.02. The van der Waals surface area contributed by atoms with Crippen LogP contribution >= 0.6 is 0 Å². The summed E-state index contributed by atoms with van der Waals surface area (Å²) >= 11 is 0. The van der Waals surface area contributed by atoms with E-state index in [0.717, 1.165) is 48.3 Å². The van der Waals surface area contributed by atoms with Crippen LogP contribution in [0.4, 0.5) is 0 Å². The van der Waals surface area contributed by atoms with Crippen LogP contribution in [0.1, 0.15) is 58.6 Å². The molecule has 0 unspecified atom stereocenters. The molecule has 168 valence electrons. The van der Waals surface area contributed by atoms with Gasteiger partial charge in [0.05, 0.1) is 31.0 Å². The fourth-order valence-electron chi connectivity index (χ4n) is 4.23. The third kappa shape index (κ3) is 5.26. The lowest BCUT2D eigenvalue weighted by atomic mass is 9.94. The Bertz CT molecular complexity index is 1060. The zero-order chi connectivity index (χ0) is 22.5. The van der Waals surface area contributed by atoms with E-state index in [1.54, 1.807) is 0 Å². The summed E-state index contributed by atoms with van der Waals surface area (Å²) < 4.78 is 18.1. The smallest absolute Gasteiger partial charge is 0.336 e. The number of ether oxygens (including phenoxy) is 2. The van der Waals surface area contributed by atoms with Crippen molar-refractivity contribution in [2.24, 2.45) is 0 Å². The summed E-state index contributed by atoms with van der Waals surface area (Å²) in [6, 6.07) is 15.3. The maximum Gasteiger partial charge on any atom is 0.336 e. The van der Waals surface area contributed by atoms with Crippen molar-refractivity contribution in [1.29, 1.82) is 0 Å². The van der Waals surface area contributed by atoms with Gasteiger partial charge in [0.15, 0.2) is 0 Å². The normalized spacial score (nSPS) is 18.6. The Morgan fingerprint density at radius 3 is 2.47 bits per heavy atom. The van der Waals surface area contributed by atoms with Crippen LogP contribution in [-0.2, 0) is 22.7 Å². The summed E-state index contributed by atoms with van der Waals surface area (Å²) in [6.07, 6.45) is 3.87. The van der Waals surface area contributed by atoms with Crippen molar-refractivity contribution in [3.63, 3.8) is 0 Å². The fourth-order valence-corrected chi connectivity index (χ4v) is 4.23. The molecular formula is C26H29NO5. The van der Waals surface area contributed by atoms with Gasteiger partial charge in [-0.3, -0.25) is 0 Å². The van der Waals surface area contributed by atoms with Gasteiger partial charge >= 0.3 is 5.97 Å². The van der Waals surface area contributed by atoms with Crippen LogP contribution in [0.15, 0.2) is 52.9 Å². The van der Waals surface area contributed by atoms with Crippen LogP contribution in [0.3, 0.4) is 0 Å². The molecule has 6 heteroatoms. The Morgan fingerprint density at radius 1 is 1.03 bits per heavy atom. The van der Waals surface area contributed by atoms with Crippen LogP contribution in [-0.4, -0.2) is 28.3 Å². The molecule has 4 rings (SSSR count). The molecule has 0 saturated heterocycles. The first-order valence-electron chi connectivity index (χ1n) is 11.1. The number of benzene rings is 2. The average molecular weight is 436 g/mol. The molecule has 0 spiro atoms. The molecule has 6 nitrogen and oxygen atoms in total. The minimum absolute atomic E-state index is 0.0502. The van der Waals surface area contributed by atoms with Crippen molar-refractivity contribution in [3.05, 3.63) is 76.7 Å². The van der Waals surface area contributed by atoms with Crippen molar-refractivity contribution in [1.82, 2.24) is 4.98 Å². The molecule has 1 aromatic heterocycles. The molecule has 1 aliphatic rings. The number of nitrogens with zero attached hydrogens (tertiary/aromatic N) is 1. The predicted octanol–water partition coefficient (Wildman–Crippen LogP) is 5.70. The van der Waals surface area contributed by atoms with Gasteiger partial charge in [0, 0.05) is 5.56 Å². The summed E-state index contributed by atoms with van der Waals surface area (Å²) in [5.41, 5.74) is 3.57. The van der Waals surface area contributed by atoms with E-state index in [4.69, 9.17) is 13.9 Å². The largest absolute Gasteiger partial charge is 0.478 e. The summed E-state index contributed by atoms with van der Waals surface area (Å²) in [5.74, 6) is 0.469. The van der Waals surface area contributed by atoms with E-state index in [-0.39, 0.29) is 12.2 Å². The van der Waals surface area contributed by atoms with Gasteiger partial charge in [-0.2, -0.15) is 0 Å². The Balaban J connectivity index is 1.32. The zero-order valence-electron chi connectivity index (χ0n) is 18.5. The molecule has 2 aromatic carbocycles. The second kappa shape index (κ2) is 10.1. The van der Waals surface area contributed by atoms with Gasteiger partial charge in [0.25, 0.3) is 0 Å². The number of oxazole rings is 1. The van der Waals surface area contributed by atoms with Crippen molar-refractivity contribution >= 4 is 5.97 Å². The number of carboxylic acids is 1. The van der Waals surface area contributed by atoms with Crippen LogP contribution in [0.5, 0.6) is 0 Å². The first-order chi connectivity index (χ1) is 15.5. The molecule has 32 heavy (non-hydrogen) atoms. The molecule has 1 aliphatic carbocycles. The van der Waals surface area contributed by atoms with Crippen LogP contribution < -0.4 is 0 Å². The second-order valence-corrected chi connectivity index (χ2v) is 8.33. The standard InChI is InChI=1S/C26H29NO5/c1-17-8-6-11-20(24(17)26(28)29)15-30-21-12-7-13-22(14-21)31-16-23-18(2)32-25(27-23)19-9-4-3-5-10-19/h3-6,8-11,21-22H,7,12-16H2,1-2H3,(H,28,29)/t21-,22+/m1/s1. The minimum atomic E-state index is -0.913. The maximum atomic E-state index is 11.6. The zero-order valence-corrected chi connectivity index (χ0v) is 18.5. The molecule has 0 bridgehead atoms. The van der Waals surface area contributed by atoms with E-state index in [1.165, 1.54) is 0 Å². The third-order valence-corrected chi connectivity index (χ3v) is 5.99. The lowest BCUT2D eigenvalue weighted by Crippen LogP contribution is -2.28. The number of carbonyl (C=O) groups is 1. The molecule has 1 fully saturated rings. The van der Waals surface area contributed by atoms with Crippen LogP contribution in [0.2, 0.25) is 0 Å². The van der Waals surface area contributed by atoms with Crippen molar-refractivity contribution in [2.75, 3.05) is 0 Å². The summed E-state index contributed by atoms with van der Waals surface area (Å²) in [7, 11) is 0.